The number of nitrogens with zero attached hydrogens (tertiary/aromatic N) is 3. The molecule has 0 saturated heterocycles. The number of rotatable bonds is 12. The van der Waals surface area contributed by atoms with Gasteiger partial charge in [0, 0.05) is 56.0 Å². The van der Waals surface area contributed by atoms with Gasteiger partial charge in [-0.15, -0.1) is 0 Å². The molecule has 39 heavy (non-hydrogen) atoms. The number of ether oxygens (including phenoxy) is 1. The minimum Gasteiger partial charge on any atom is -0.484 e. The third-order valence-corrected chi connectivity index (χ3v) is 6.86. The number of nitrogens with one attached hydrogen (secondary N) is 1. The Morgan fingerprint density at radius 1 is 0.872 bits per heavy atom. The summed E-state index contributed by atoms with van der Waals surface area (Å²) >= 11 is 0. The largest absolute Gasteiger partial charge is 0.484 e. The van der Waals surface area contributed by atoms with Crippen molar-refractivity contribution in [2.75, 3.05) is 38.7 Å². The van der Waals surface area contributed by atoms with Gasteiger partial charge in [0.2, 0.25) is 5.91 Å². The zero-order valence-corrected chi connectivity index (χ0v) is 23.3. The van der Waals surface area contributed by atoms with Gasteiger partial charge < -0.3 is 24.4 Å². The highest BCUT2D eigenvalue weighted by Crippen LogP contribution is 2.20. The van der Waals surface area contributed by atoms with Gasteiger partial charge in [-0.25, -0.2) is 0 Å². The molecule has 0 fully saturated rings. The summed E-state index contributed by atoms with van der Waals surface area (Å²) in [6.45, 7) is 4.73. The average Bonchev–Trinajstić information content (AvgIpc) is 3.36. The van der Waals surface area contributed by atoms with Crippen LogP contribution in [0.1, 0.15) is 25.0 Å². The Hall–Kier alpha value is -4.26. The fourth-order valence-corrected chi connectivity index (χ4v) is 4.55. The minimum atomic E-state index is -0.214. The maximum atomic E-state index is 13.7. The van der Waals surface area contributed by atoms with Crippen LogP contribution in [-0.4, -0.2) is 66.4 Å². The van der Waals surface area contributed by atoms with Gasteiger partial charge >= 0.3 is 0 Å². The zero-order chi connectivity index (χ0) is 27.8. The fraction of sp³-hybridized carbons (Fsp3) is 0.312. The normalized spacial score (nSPS) is 11.0. The zero-order valence-electron chi connectivity index (χ0n) is 23.3. The Morgan fingerprint density at radius 2 is 1.56 bits per heavy atom. The van der Waals surface area contributed by atoms with Crippen molar-refractivity contribution in [3.05, 3.63) is 96.2 Å². The Morgan fingerprint density at radius 3 is 2.26 bits per heavy atom. The number of benzene rings is 3. The second-order valence-corrected chi connectivity index (χ2v) is 10.2. The molecule has 4 rings (SSSR count). The highest BCUT2D eigenvalue weighted by Gasteiger charge is 2.24. The van der Waals surface area contributed by atoms with Crippen LogP contribution >= 0.6 is 0 Å². The number of carbonyl (C=O) groups excluding carboxylic acids is 2. The molecular formula is C32H38N4O3. The van der Waals surface area contributed by atoms with Crippen LogP contribution in [0.25, 0.3) is 10.9 Å². The van der Waals surface area contributed by atoms with E-state index < -0.39 is 0 Å². The Bertz CT molecular complexity index is 1360. The first-order valence-electron chi connectivity index (χ1n) is 13.4. The van der Waals surface area contributed by atoms with Crippen molar-refractivity contribution < 1.29 is 14.3 Å². The fourth-order valence-electron chi connectivity index (χ4n) is 4.55. The van der Waals surface area contributed by atoms with Gasteiger partial charge in [0.15, 0.2) is 6.61 Å². The first kappa shape index (κ1) is 27.8. The number of aromatic nitrogens is 1. The molecule has 7 heteroatoms. The standard InChI is InChI=1S/C32H38N4O3/c1-24(2)36(32(38)23-39-28-10-6-5-7-11-28)22-31(37)35(21-25-14-16-27(17-15-25)34(3)4)19-18-26-20-33-30-13-9-8-12-29(26)30/h5-17,20,24,33H,18-19,21-23H2,1-4H3. The van der Waals surface area contributed by atoms with Crippen molar-refractivity contribution >= 4 is 28.4 Å². The van der Waals surface area contributed by atoms with E-state index in [-0.39, 0.29) is 31.0 Å². The van der Waals surface area contributed by atoms with Crippen molar-refractivity contribution in [1.29, 1.82) is 0 Å². The lowest BCUT2D eigenvalue weighted by Gasteiger charge is -2.30. The number of carbonyl (C=O) groups is 2. The lowest BCUT2D eigenvalue weighted by atomic mass is 10.1. The summed E-state index contributed by atoms with van der Waals surface area (Å²) in [6.07, 6.45) is 2.72. The van der Waals surface area contributed by atoms with Gasteiger partial charge in [-0.3, -0.25) is 9.59 Å². The van der Waals surface area contributed by atoms with Crippen molar-refractivity contribution in [3.8, 4) is 5.75 Å². The summed E-state index contributed by atoms with van der Waals surface area (Å²) in [5.74, 6) is 0.324. The van der Waals surface area contributed by atoms with Crippen LogP contribution in [0.5, 0.6) is 5.75 Å². The maximum Gasteiger partial charge on any atom is 0.261 e. The first-order valence-corrected chi connectivity index (χ1v) is 13.4. The molecule has 0 aliphatic rings. The van der Waals surface area contributed by atoms with Crippen molar-refractivity contribution in [2.45, 2.75) is 32.9 Å². The first-order chi connectivity index (χ1) is 18.8. The molecule has 0 saturated carbocycles. The molecule has 7 nitrogen and oxygen atoms in total. The molecule has 204 valence electrons. The Labute approximate surface area is 231 Å². The molecule has 0 aliphatic heterocycles. The van der Waals surface area contributed by atoms with Gasteiger partial charge in [-0.2, -0.15) is 0 Å². The number of fused-ring (bicyclic) bond motifs is 1. The van der Waals surface area contributed by atoms with Crippen LogP contribution in [0.3, 0.4) is 0 Å². The van der Waals surface area contributed by atoms with E-state index in [4.69, 9.17) is 4.74 Å². The second-order valence-electron chi connectivity index (χ2n) is 10.2. The number of aromatic amines is 1. The van der Waals surface area contributed by atoms with Crippen LogP contribution in [0.15, 0.2) is 85.1 Å². The number of hydrogen-bond donors (Lipinski definition) is 1. The van der Waals surface area contributed by atoms with Crippen LogP contribution in [0.2, 0.25) is 0 Å². The van der Waals surface area contributed by atoms with E-state index in [1.807, 2.05) is 86.4 Å². The second kappa shape index (κ2) is 13.0. The lowest BCUT2D eigenvalue weighted by Crippen LogP contribution is -2.47. The highest BCUT2D eigenvalue weighted by atomic mass is 16.5. The van der Waals surface area contributed by atoms with E-state index in [1.165, 1.54) is 5.56 Å². The van der Waals surface area contributed by atoms with Gasteiger partial charge in [0.05, 0.1) is 0 Å². The van der Waals surface area contributed by atoms with Crippen molar-refractivity contribution in [1.82, 2.24) is 14.8 Å². The molecule has 1 heterocycles. The average molecular weight is 527 g/mol. The smallest absolute Gasteiger partial charge is 0.261 e. The summed E-state index contributed by atoms with van der Waals surface area (Å²) in [5.41, 5.74) is 4.40. The predicted molar refractivity (Wildman–Crippen MR) is 157 cm³/mol. The summed E-state index contributed by atoms with van der Waals surface area (Å²) < 4.78 is 5.68. The van der Waals surface area contributed by atoms with E-state index in [9.17, 15) is 9.59 Å². The number of amides is 2. The highest BCUT2D eigenvalue weighted by molar-refractivity contribution is 5.86. The number of para-hydroxylation sites is 2. The SMILES string of the molecule is CC(C)N(CC(=O)N(CCc1c[nH]c2ccccc12)Cc1ccc(N(C)C)cc1)C(=O)COc1ccccc1. The molecule has 0 bridgehead atoms. The molecule has 0 unspecified atom stereocenters. The summed E-state index contributed by atoms with van der Waals surface area (Å²) in [4.78, 5) is 35.6. The third-order valence-electron chi connectivity index (χ3n) is 6.86. The van der Waals surface area contributed by atoms with E-state index in [0.717, 1.165) is 22.2 Å². The molecule has 0 atom stereocenters. The number of anilines is 1. The summed E-state index contributed by atoms with van der Waals surface area (Å²) in [5, 5.41) is 1.16. The van der Waals surface area contributed by atoms with E-state index in [0.29, 0.717) is 25.3 Å². The van der Waals surface area contributed by atoms with Gasteiger partial charge in [-0.05, 0) is 61.7 Å². The summed E-state index contributed by atoms with van der Waals surface area (Å²) in [6, 6.07) is 25.5. The predicted octanol–water partition coefficient (Wildman–Crippen LogP) is 5.12. The molecule has 0 radical (unpaired) electrons. The van der Waals surface area contributed by atoms with E-state index >= 15 is 0 Å². The van der Waals surface area contributed by atoms with Gasteiger partial charge in [0.1, 0.15) is 12.3 Å². The number of hydrogen-bond acceptors (Lipinski definition) is 4. The molecule has 0 spiro atoms. The Kier molecular flexibility index (Phi) is 9.26. The third kappa shape index (κ3) is 7.41. The molecule has 4 aromatic rings. The van der Waals surface area contributed by atoms with Crippen molar-refractivity contribution in [3.63, 3.8) is 0 Å². The van der Waals surface area contributed by atoms with E-state index in [1.54, 1.807) is 4.90 Å². The topological polar surface area (TPSA) is 68.9 Å². The Balaban J connectivity index is 1.48. The van der Waals surface area contributed by atoms with Crippen LogP contribution < -0.4 is 9.64 Å². The molecule has 3 aromatic carbocycles. The van der Waals surface area contributed by atoms with Gasteiger partial charge in [-0.1, -0.05) is 48.5 Å². The van der Waals surface area contributed by atoms with Crippen LogP contribution in [0, 0.1) is 0 Å². The molecule has 1 N–H and O–H groups in total. The molecule has 1 aromatic heterocycles. The molecular weight excluding hydrogens is 488 g/mol. The molecule has 2 amide bonds. The monoisotopic (exact) mass is 526 g/mol. The van der Waals surface area contributed by atoms with Crippen LogP contribution in [0.4, 0.5) is 5.69 Å². The van der Waals surface area contributed by atoms with Crippen molar-refractivity contribution in [2.24, 2.45) is 0 Å². The van der Waals surface area contributed by atoms with Gasteiger partial charge in [0.25, 0.3) is 5.91 Å². The quantitative estimate of drug-likeness (QED) is 0.278. The number of H-pyrrole nitrogens is 1. The summed E-state index contributed by atoms with van der Waals surface area (Å²) in [7, 11) is 4.01. The maximum absolute atomic E-state index is 13.7. The van der Waals surface area contributed by atoms with Crippen LogP contribution in [-0.2, 0) is 22.6 Å². The minimum absolute atomic E-state index is 0.00167. The lowest BCUT2D eigenvalue weighted by molar-refractivity contribution is -0.143. The van der Waals surface area contributed by atoms with E-state index in [2.05, 4.69) is 41.4 Å². The molecule has 0 aliphatic carbocycles.